The van der Waals surface area contributed by atoms with Gasteiger partial charge in [0.05, 0.1) is 5.69 Å². The van der Waals surface area contributed by atoms with Crippen molar-refractivity contribution in [3.63, 3.8) is 0 Å². The number of pyridine rings is 1. The van der Waals surface area contributed by atoms with Crippen LogP contribution in [0.4, 0.5) is 4.39 Å². The third-order valence-corrected chi connectivity index (χ3v) is 3.12. The molecule has 0 saturated carbocycles. The fraction of sp³-hybridized carbons (Fsp3) is 0.0625. The van der Waals surface area contributed by atoms with Gasteiger partial charge in [0, 0.05) is 17.1 Å². The highest BCUT2D eigenvalue weighted by atomic mass is 19.1. The molecule has 88 valence electrons. The van der Waals surface area contributed by atoms with Gasteiger partial charge in [-0.1, -0.05) is 24.3 Å². The maximum atomic E-state index is 13.2. The summed E-state index contributed by atoms with van der Waals surface area (Å²) in [5.74, 6) is -0.212. The van der Waals surface area contributed by atoms with Crippen LogP contribution in [0.25, 0.3) is 22.0 Å². The van der Waals surface area contributed by atoms with Gasteiger partial charge in [-0.05, 0) is 42.1 Å². The van der Waals surface area contributed by atoms with Gasteiger partial charge in [-0.25, -0.2) is 4.39 Å². The molecular weight excluding hydrogens is 225 g/mol. The molecule has 18 heavy (non-hydrogen) atoms. The van der Waals surface area contributed by atoms with Crippen LogP contribution in [-0.4, -0.2) is 4.98 Å². The van der Waals surface area contributed by atoms with Gasteiger partial charge in [-0.2, -0.15) is 0 Å². The summed E-state index contributed by atoms with van der Waals surface area (Å²) in [6.45, 7) is 1.90. The van der Waals surface area contributed by atoms with Crippen molar-refractivity contribution in [2.24, 2.45) is 0 Å². The predicted molar refractivity (Wildman–Crippen MR) is 71.9 cm³/mol. The number of aryl methyl sites for hydroxylation is 1. The SMILES string of the molecule is Cc1cc(F)ccc1-c1nccc2ccccc12. The number of nitrogens with zero attached hydrogens (tertiary/aromatic N) is 1. The number of halogens is 1. The molecular formula is C16H12FN. The van der Waals surface area contributed by atoms with Gasteiger partial charge in [0.15, 0.2) is 0 Å². The molecule has 1 heterocycles. The standard InChI is InChI=1S/C16H12FN/c1-11-10-13(17)6-7-14(11)16-15-5-3-2-4-12(15)8-9-18-16/h2-10H,1H3. The van der Waals surface area contributed by atoms with Gasteiger partial charge in [-0.15, -0.1) is 0 Å². The van der Waals surface area contributed by atoms with E-state index < -0.39 is 0 Å². The first kappa shape index (κ1) is 10.9. The summed E-state index contributed by atoms with van der Waals surface area (Å²) in [5, 5.41) is 2.24. The van der Waals surface area contributed by atoms with E-state index in [1.165, 1.54) is 6.07 Å². The maximum Gasteiger partial charge on any atom is 0.123 e. The molecule has 2 aromatic carbocycles. The smallest absolute Gasteiger partial charge is 0.123 e. The van der Waals surface area contributed by atoms with Gasteiger partial charge >= 0.3 is 0 Å². The second-order valence-electron chi connectivity index (χ2n) is 4.34. The van der Waals surface area contributed by atoms with Crippen LogP contribution in [0, 0.1) is 12.7 Å². The highest BCUT2D eigenvalue weighted by Gasteiger charge is 2.08. The Morgan fingerprint density at radius 1 is 1.00 bits per heavy atom. The molecule has 0 bridgehead atoms. The van der Waals surface area contributed by atoms with Crippen molar-refractivity contribution in [3.05, 3.63) is 66.1 Å². The Bertz CT molecular complexity index is 714. The molecule has 0 aliphatic heterocycles. The van der Waals surface area contributed by atoms with Crippen LogP contribution >= 0.6 is 0 Å². The monoisotopic (exact) mass is 237 g/mol. The average molecular weight is 237 g/mol. The molecule has 1 nitrogen and oxygen atoms in total. The number of fused-ring (bicyclic) bond motifs is 1. The fourth-order valence-electron chi connectivity index (χ4n) is 2.23. The first-order valence-electron chi connectivity index (χ1n) is 5.86. The molecule has 0 aliphatic rings. The molecule has 3 rings (SSSR count). The molecule has 3 aromatic rings. The van der Waals surface area contributed by atoms with Crippen molar-refractivity contribution >= 4 is 10.8 Å². The molecule has 1 aromatic heterocycles. The average Bonchev–Trinajstić information content (AvgIpc) is 2.38. The molecule has 0 spiro atoms. The quantitative estimate of drug-likeness (QED) is 0.613. The van der Waals surface area contributed by atoms with Crippen molar-refractivity contribution in [1.82, 2.24) is 4.98 Å². The van der Waals surface area contributed by atoms with Crippen molar-refractivity contribution in [2.75, 3.05) is 0 Å². The Kier molecular flexibility index (Phi) is 2.56. The molecule has 2 heteroatoms. The number of hydrogen-bond acceptors (Lipinski definition) is 1. The predicted octanol–water partition coefficient (Wildman–Crippen LogP) is 4.35. The van der Waals surface area contributed by atoms with Crippen LogP contribution in [0.5, 0.6) is 0 Å². The molecule has 0 radical (unpaired) electrons. The number of aromatic nitrogens is 1. The molecule has 0 fully saturated rings. The van der Waals surface area contributed by atoms with E-state index in [2.05, 4.69) is 11.1 Å². The summed E-state index contributed by atoms with van der Waals surface area (Å²) in [5.41, 5.74) is 2.79. The van der Waals surface area contributed by atoms with Gasteiger partial charge in [0.25, 0.3) is 0 Å². The Balaban J connectivity index is 2.31. The lowest BCUT2D eigenvalue weighted by Crippen LogP contribution is -1.89. The zero-order chi connectivity index (χ0) is 12.5. The van der Waals surface area contributed by atoms with Crippen LogP contribution < -0.4 is 0 Å². The Labute approximate surface area is 105 Å². The Morgan fingerprint density at radius 3 is 2.67 bits per heavy atom. The lowest BCUT2D eigenvalue weighted by Gasteiger charge is -2.08. The summed E-state index contributed by atoms with van der Waals surface area (Å²) in [4.78, 5) is 4.45. The van der Waals surface area contributed by atoms with E-state index in [0.29, 0.717) is 0 Å². The minimum absolute atomic E-state index is 0.212. The summed E-state index contributed by atoms with van der Waals surface area (Å²) in [7, 11) is 0. The zero-order valence-corrected chi connectivity index (χ0v) is 10.0. The molecule has 0 saturated heterocycles. The van der Waals surface area contributed by atoms with Crippen LogP contribution in [0.15, 0.2) is 54.7 Å². The second-order valence-corrected chi connectivity index (χ2v) is 4.34. The molecule has 0 amide bonds. The third kappa shape index (κ3) is 1.76. The number of hydrogen-bond donors (Lipinski definition) is 0. The summed E-state index contributed by atoms with van der Waals surface area (Å²) >= 11 is 0. The highest BCUT2D eigenvalue weighted by molar-refractivity contribution is 5.94. The molecule has 0 atom stereocenters. The first-order chi connectivity index (χ1) is 8.75. The molecule has 0 aliphatic carbocycles. The largest absolute Gasteiger partial charge is 0.256 e. The summed E-state index contributed by atoms with van der Waals surface area (Å²) in [6.07, 6.45) is 1.79. The van der Waals surface area contributed by atoms with Gasteiger partial charge in [0.2, 0.25) is 0 Å². The van der Waals surface area contributed by atoms with Gasteiger partial charge < -0.3 is 0 Å². The van der Waals surface area contributed by atoms with Crippen LogP contribution in [-0.2, 0) is 0 Å². The van der Waals surface area contributed by atoms with Crippen LogP contribution in [0.2, 0.25) is 0 Å². The lowest BCUT2D eigenvalue weighted by atomic mass is 10.0. The fourth-order valence-corrected chi connectivity index (χ4v) is 2.23. The minimum atomic E-state index is -0.212. The zero-order valence-electron chi connectivity index (χ0n) is 10.0. The third-order valence-electron chi connectivity index (χ3n) is 3.12. The van der Waals surface area contributed by atoms with Crippen molar-refractivity contribution in [3.8, 4) is 11.3 Å². The van der Waals surface area contributed by atoms with Gasteiger partial charge in [-0.3, -0.25) is 4.98 Å². The summed E-state index contributed by atoms with van der Waals surface area (Å²) in [6, 6.07) is 14.9. The lowest BCUT2D eigenvalue weighted by molar-refractivity contribution is 0.627. The minimum Gasteiger partial charge on any atom is -0.256 e. The van der Waals surface area contributed by atoms with E-state index in [9.17, 15) is 4.39 Å². The van der Waals surface area contributed by atoms with Crippen LogP contribution in [0.1, 0.15) is 5.56 Å². The van der Waals surface area contributed by atoms with Gasteiger partial charge in [0.1, 0.15) is 5.82 Å². The van der Waals surface area contributed by atoms with Crippen molar-refractivity contribution < 1.29 is 4.39 Å². The highest BCUT2D eigenvalue weighted by Crippen LogP contribution is 2.28. The Hall–Kier alpha value is -2.22. The summed E-state index contributed by atoms with van der Waals surface area (Å²) < 4.78 is 13.2. The first-order valence-corrected chi connectivity index (χ1v) is 5.86. The van der Waals surface area contributed by atoms with E-state index in [0.717, 1.165) is 27.6 Å². The van der Waals surface area contributed by atoms with E-state index in [1.807, 2.05) is 31.2 Å². The van der Waals surface area contributed by atoms with Crippen molar-refractivity contribution in [1.29, 1.82) is 0 Å². The number of benzene rings is 2. The topological polar surface area (TPSA) is 12.9 Å². The number of rotatable bonds is 1. The maximum absolute atomic E-state index is 13.2. The van der Waals surface area contributed by atoms with Crippen molar-refractivity contribution in [2.45, 2.75) is 6.92 Å². The Morgan fingerprint density at radius 2 is 1.83 bits per heavy atom. The van der Waals surface area contributed by atoms with E-state index in [1.54, 1.807) is 18.3 Å². The van der Waals surface area contributed by atoms with E-state index >= 15 is 0 Å². The normalized spacial score (nSPS) is 10.8. The molecule has 0 unspecified atom stereocenters. The second kappa shape index (κ2) is 4.22. The van der Waals surface area contributed by atoms with E-state index in [4.69, 9.17) is 0 Å². The van der Waals surface area contributed by atoms with Crippen LogP contribution in [0.3, 0.4) is 0 Å². The molecule has 0 N–H and O–H groups in total. The van der Waals surface area contributed by atoms with E-state index in [-0.39, 0.29) is 5.82 Å².